The molecule has 1 fully saturated rings. The Balaban J connectivity index is 2.07. The van der Waals surface area contributed by atoms with Crippen LogP contribution >= 0.6 is 23.2 Å². The van der Waals surface area contributed by atoms with Gasteiger partial charge in [0.05, 0.1) is 22.2 Å². The maximum absolute atomic E-state index is 13.1. The van der Waals surface area contributed by atoms with Gasteiger partial charge in [0.2, 0.25) is 0 Å². The van der Waals surface area contributed by atoms with Gasteiger partial charge in [0, 0.05) is 22.7 Å². The number of barbiturate groups is 1. The van der Waals surface area contributed by atoms with E-state index in [0.717, 1.165) is 6.07 Å². The Morgan fingerprint density at radius 3 is 2.56 bits per heavy atom. The number of urea groups is 1. The lowest BCUT2D eigenvalue weighted by molar-refractivity contribution is -0.384. The Kier molecular flexibility index (Phi) is 6.81. The zero-order chi connectivity index (χ0) is 23.6. The van der Waals surface area contributed by atoms with Crippen molar-refractivity contribution in [3.05, 3.63) is 67.7 Å². The zero-order valence-electron chi connectivity index (χ0n) is 16.9. The summed E-state index contributed by atoms with van der Waals surface area (Å²) in [7, 11) is 0. The van der Waals surface area contributed by atoms with Crippen molar-refractivity contribution in [1.82, 2.24) is 5.32 Å². The monoisotopic (exact) mass is 477 g/mol. The summed E-state index contributed by atoms with van der Waals surface area (Å²) in [6.45, 7) is 4.18. The normalized spacial score (nSPS) is 15.3. The first-order chi connectivity index (χ1) is 15.1. The predicted molar refractivity (Wildman–Crippen MR) is 119 cm³/mol. The van der Waals surface area contributed by atoms with E-state index in [2.05, 4.69) is 5.32 Å². The number of carbonyl (C=O) groups excluding carboxylic acids is 3. The lowest BCUT2D eigenvalue weighted by atomic mass is 10.1. The number of nitrogens with zero attached hydrogens (tertiary/aromatic N) is 2. The van der Waals surface area contributed by atoms with E-state index < -0.39 is 28.3 Å². The second-order valence-corrected chi connectivity index (χ2v) is 8.09. The smallest absolute Gasteiger partial charge is 0.335 e. The summed E-state index contributed by atoms with van der Waals surface area (Å²) in [6.07, 6.45) is 1.21. The van der Waals surface area contributed by atoms with Crippen molar-refractivity contribution in [3.8, 4) is 5.75 Å². The molecule has 0 aromatic heterocycles. The van der Waals surface area contributed by atoms with E-state index in [-0.39, 0.29) is 38.7 Å². The molecule has 1 N–H and O–H groups in total. The van der Waals surface area contributed by atoms with E-state index in [1.165, 1.54) is 36.4 Å². The van der Waals surface area contributed by atoms with Crippen LogP contribution in [-0.4, -0.2) is 29.4 Å². The van der Waals surface area contributed by atoms with Gasteiger partial charge in [-0.3, -0.25) is 25.0 Å². The summed E-state index contributed by atoms with van der Waals surface area (Å²) >= 11 is 12.3. The molecule has 0 aliphatic carbocycles. The lowest BCUT2D eigenvalue weighted by Crippen LogP contribution is -2.54. The van der Waals surface area contributed by atoms with Gasteiger partial charge in [-0.2, -0.15) is 0 Å². The Morgan fingerprint density at radius 1 is 1.19 bits per heavy atom. The van der Waals surface area contributed by atoms with Gasteiger partial charge in [0.15, 0.2) is 0 Å². The first kappa shape index (κ1) is 23.2. The van der Waals surface area contributed by atoms with Crippen molar-refractivity contribution in [2.24, 2.45) is 5.92 Å². The minimum Gasteiger partial charge on any atom is -0.491 e. The van der Waals surface area contributed by atoms with E-state index in [1.54, 1.807) is 0 Å². The van der Waals surface area contributed by atoms with Crippen LogP contribution in [0.3, 0.4) is 0 Å². The molecule has 1 aliphatic heterocycles. The maximum Gasteiger partial charge on any atom is 0.335 e. The van der Waals surface area contributed by atoms with Gasteiger partial charge in [-0.05, 0) is 30.2 Å². The Labute approximate surface area is 192 Å². The fourth-order valence-electron chi connectivity index (χ4n) is 2.88. The quantitative estimate of drug-likeness (QED) is 0.281. The van der Waals surface area contributed by atoms with Crippen molar-refractivity contribution in [2.45, 2.75) is 13.8 Å². The molecule has 1 saturated heterocycles. The molecule has 1 aliphatic rings. The largest absolute Gasteiger partial charge is 0.491 e. The Hall–Kier alpha value is -3.43. The number of hydrogen-bond donors (Lipinski definition) is 1. The number of rotatable bonds is 6. The molecular formula is C21H17Cl2N3O6. The van der Waals surface area contributed by atoms with Crippen molar-refractivity contribution >= 4 is 58.5 Å². The summed E-state index contributed by atoms with van der Waals surface area (Å²) < 4.78 is 5.74. The number of anilines is 1. The molecule has 1 heterocycles. The van der Waals surface area contributed by atoms with Gasteiger partial charge in [0.1, 0.15) is 11.3 Å². The van der Waals surface area contributed by atoms with Crippen LogP contribution in [-0.2, 0) is 9.59 Å². The van der Waals surface area contributed by atoms with Crippen LogP contribution in [0, 0.1) is 16.0 Å². The number of hydrogen-bond acceptors (Lipinski definition) is 6. The molecule has 0 radical (unpaired) electrons. The topological polar surface area (TPSA) is 119 Å². The molecule has 11 heteroatoms. The first-order valence-electron chi connectivity index (χ1n) is 9.36. The minimum absolute atomic E-state index is 0.0690. The highest BCUT2D eigenvalue weighted by Gasteiger charge is 2.37. The fraction of sp³-hybridized carbons (Fsp3) is 0.190. The number of non-ortho nitro benzene ring substituents is 1. The standard InChI is InChI=1S/C21H17Cl2N3O6/c1-11(2)10-32-18-12(6-13(22)8-17(18)23)7-16-19(27)24-21(29)25(20(16)28)14-4-3-5-15(9-14)26(30)31/h3-9,11H,10H2,1-2H3,(H,24,27,29)/b16-7+. The van der Waals surface area contributed by atoms with Gasteiger partial charge >= 0.3 is 6.03 Å². The molecule has 0 saturated carbocycles. The number of nitro groups is 1. The van der Waals surface area contributed by atoms with Crippen LogP contribution in [0.2, 0.25) is 10.0 Å². The first-order valence-corrected chi connectivity index (χ1v) is 10.1. The summed E-state index contributed by atoms with van der Waals surface area (Å²) in [5.41, 5.74) is -0.532. The highest BCUT2D eigenvalue weighted by molar-refractivity contribution is 6.40. The Morgan fingerprint density at radius 2 is 1.91 bits per heavy atom. The Bertz CT molecular complexity index is 1160. The third-order valence-electron chi connectivity index (χ3n) is 4.30. The average molecular weight is 478 g/mol. The fourth-order valence-corrected chi connectivity index (χ4v) is 3.45. The van der Waals surface area contributed by atoms with Crippen LogP contribution in [0.4, 0.5) is 16.2 Å². The summed E-state index contributed by atoms with van der Waals surface area (Å²) in [5, 5.41) is 13.5. The molecule has 2 aromatic carbocycles. The zero-order valence-corrected chi connectivity index (χ0v) is 18.4. The van der Waals surface area contributed by atoms with Crippen LogP contribution in [0.5, 0.6) is 5.75 Å². The molecular weight excluding hydrogens is 461 g/mol. The number of nitrogens with one attached hydrogen (secondary N) is 1. The number of halogens is 2. The minimum atomic E-state index is -1.03. The van der Waals surface area contributed by atoms with Crippen molar-refractivity contribution < 1.29 is 24.0 Å². The second-order valence-electron chi connectivity index (χ2n) is 7.25. The van der Waals surface area contributed by atoms with E-state index >= 15 is 0 Å². The molecule has 0 atom stereocenters. The third kappa shape index (κ3) is 4.90. The molecule has 166 valence electrons. The number of carbonyl (C=O) groups is 3. The summed E-state index contributed by atoms with van der Waals surface area (Å²) in [5.74, 6) is -1.52. The van der Waals surface area contributed by atoms with Crippen LogP contribution in [0.1, 0.15) is 19.4 Å². The van der Waals surface area contributed by atoms with Crippen LogP contribution in [0.15, 0.2) is 42.0 Å². The van der Waals surface area contributed by atoms with Gasteiger partial charge in [-0.1, -0.05) is 43.1 Å². The van der Waals surface area contributed by atoms with Gasteiger partial charge in [-0.25, -0.2) is 9.69 Å². The van der Waals surface area contributed by atoms with Gasteiger partial charge in [0.25, 0.3) is 17.5 Å². The van der Waals surface area contributed by atoms with Crippen molar-refractivity contribution in [3.63, 3.8) is 0 Å². The number of amides is 4. The second kappa shape index (κ2) is 9.37. The number of benzene rings is 2. The SMILES string of the molecule is CC(C)COc1c(Cl)cc(Cl)cc1/C=C1\C(=O)NC(=O)N(c2cccc([N+](=O)[O-])c2)C1=O. The van der Waals surface area contributed by atoms with E-state index in [9.17, 15) is 24.5 Å². The van der Waals surface area contributed by atoms with Crippen molar-refractivity contribution in [1.29, 1.82) is 0 Å². The molecule has 0 spiro atoms. The molecule has 0 unspecified atom stereocenters. The van der Waals surface area contributed by atoms with E-state index in [4.69, 9.17) is 27.9 Å². The molecule has 4 amide bonds. The summed E-state index contributed by atoms with van der Waals surface area (Å²) in [6, 6.07) is 6.82. The van der Waals surface area contributed by atoms with Crippen molar-refractivity contribution in [2.75, 3.05) is 11.5 Å². The highest BCUT2D eigenvalue weighted by atomic mass is 35.5. The highest BCUT2D eigenvalue weighted by Crippen LogP contribution is 2.35. The molecule has 3 rings (SSSR count). The predicted octanol–water partition coefficient (Wildman–Crippen LogP) is 4.60. The number of ether oxygens (including phenoxy) is 1. The van der Waals surface area contributed by atoms with E-state index in [0.29, 0.717) is 11.5 Å². The molecule has 0 bridgehead atoms. The third-order valence-corrected chi connectivity index (χ3v) is 4.80. The molecule has 9 nitrogen and oxygen atoms in total. The average Bonchev–Trinajstić information content (AvgIpc) is 2.70. The molecule has 32 heavy (non-hydrogen) atoms. The van der Waals surface area contributed by atoms with Crippen LogP contribution < -0.4 is 15.0 Å². The number of nitro benzene ring substituents is 1. The van der Waals surface area contributed by atoms with Gasteiger partial charge < -0.3 is 4.74 Å². The molecule has 2 aromatic rings. The van der Waals surface area contributed by atoms with Crippen LogP contribution in [0.25, 0.3) is 6.08 Å². The lowest BCUT2D eigenvalue weighted by Gasteiger charge is -2.26. The van der Waals surface area contributed by atoms with Gasteiger partial charge in [-0.15, -0.1) is 0 Å². The number of imide groups is 2. The summed E-state index contributed by atoms with van der Waals surface area (Å²) in [4.78, 5) is 48.9. The van der Waals surface area contributed by atoms with E-state index in [1.807, 2.05) is 13.8 Å². The maximum atomic E-state index is 13.1.